The minimum Gasteiger partial charge on any atom is -0.491 e. The van der Waals surface area contributed by atoms with Crippen molar-refractivity contribution in [2.24, 2.45) is 11.8 Å². The van der Waals surface area contributed by atoms with E-state index in [1.165, 1.54) is 12.8 Å². The average Bonchev–Trinajstić information content (AvgIpc) is 3.25. The molecule has 6 heteroatoms. The number of nitrogens with one attached hydrogen (secondary N) is 2. The van der Waals surface area contributed by atoms with Gasteiger partial charge in [0.2, 0.25) is 0 Å². The summed E-state index contributed by atoms with van der Waals surface area (Å²) in [6, 6.07) is 10.6. The maximum Gasteiger partial charge on any atom is 0.173 e. The van der Waals surface area contributed by atoms with Crippen LogP contribution < -0.4 is 10.1 Å². The molecule has 29 heavy (non-hydrogen) atoms. The molecular weight excluding hydrogens is 362 g/mol. The Morgan fingerprint density at radius 3 is 2.69 bits per heavy atom. The van der Waals surface area contributed by atoms with E-state index in [9.17, 15) is 5.26 Å². The zero-order chi connectivity index (χ0) is 20.5. The lowest BCUT2D eigenvalue weighted by atomic mass is 9.78. The van der Waals surface area contributed by atoms with Crippen molar-refractivity contribution in [3.63, 3.8) is 0 Å². The third-order valence-corrected chi connectivity index (χ3v) is 6.11. The molecule has 0 saturated heterocycles. The van der Waals surface area contributed by atoms with Gasteiger partial charge in [0.15, 0.2) is 11.5 Å². The summed E-state index contributed by atoms with van der Waals surface area (Å²) in [5.41, 5.74) is 3.06. The fourth-order valence-electron chi connectivity index (χ4n) is 4.26. The van der Waals surface area contributed by atoms with Gasteiger partial charge >= 0.3 is 0 Å². The number of H-pyrrole nitrogens is 1. The van der Waals surface area contributed by atoms with E-state index in [4.69, 9.17) is 9.72 Å². The Labute approximate surface area is 171 Å². The molecule has 1 aliphatic carbocycles. The number of benzene rings is 1. The van der Waals surface area contributed by atoms with Crippen LogP contribution in [0.15, 0.2) is 30.5 Å². The van der Waals surface area contributed by atoms with Gasteiger partial charge in [0.05, 0.1) is 6.10 Å². The molecule has 1 aliphatic rings. The van der Waals surface area contributed by atoms with Crippen LogP contribution in [0.4, 0.5) is 5.82 Å². The van der Waals surface area contributed by atoms with Gasteiger partial charge in [-0.25, -0.2) is 9.50 Å². The highest BCUT2D eigenvalue weighted by atomic mass is 16.5. The quantitative estimate of drug-likeness (QED) is 0.625. The molecule has 2 heterocycles. The Kier molecular flexibility index (Phi) is 5.23. The summed E-state index contributed by atoms with van der Waals surface area (Å²) in [6.07, 6.45) is 5.51. The van der Waals surface area contributed by atoms with Crippen LogP contribution in [0.3, 0.4) is 0 Å². The van der Waals surface area contributed by atoms with Crippen molar-refractivity contribution in [2.45, 2.75) is 59.1 Å². The van der Waals surface area contributed by atoms with E-state index in [2.05, 4.69) is 30.3 Å². The Bertz CT molecular complexity index is 1020. The summed E-state index contributed by atoms with van der Waals surface area (Å²) < 4.78 is 7.67. The molecule has 0 amide bonds. The van der Waals surface area contributed by atoms with Crippen LogP contribution in [-0.4, -0.2) is 26.7 Å². The van der Waals surface area contributed by atoms with Crippen LogP contribution in [0.5, 0.6) is 5.75 Å². The van der Waals surface area contributed by atoms with Crippen molar-refractivity contribution in [3.05, 3.63) is 36.0 Å². The topological polar surface area (TPSA) is 78.1 Å². The van der Waals surface area contributed by atoms with Gasteiger partial charge in [-0.2, -0.15) is 5.26 Å². The highest BCUT2D eigenvalue weighted by Crippen LogP contribution is 2.36. The number of fused-ring (bicyclic) bond motifs is 1. The molecule has 0 unspecified atom stereocenters. The summed E-state index contributed by atoms with van der Waals surface area (Å²) >= 11 is 0. The number of aromatic amines is 1. The van der Waals surface area contributed by atoms with Crippen LogP contribution in [0, 0.1) is 23.2 Å². The zero-order valence-corrected chi connectivity index (χ0v) is 17.6. The van der Waals surface area contributed by atoms with Gasteiger partial charge in [0, 0.05) is 17.8 Å². The normalized spacial score (nSPS) is 22.0. The van der Waals surface area contributed by atoms with Crippen molar-refractivity contribution < 1.29 is 4.74 Å². The van der Waals surface area contributed by atoms with Gasteiger partial charge in [0.25, 0.3) is 0 Å². The molecule has 0 spiro atoms. The number of nitriles is 1. The summed E-state index contributed by atoms with van der Waals surface area (Å²) in [5, 5.41) is 16.4. The number of anilines is 1. The van der Waals surface area contributed by atoms with E-state index in [1.807, 2.05) is 42.6 Å². The van der Waals surface area contributed by atoms with Gasteiger partial charge in [-0.15, -0.1) is 0 Å². The molecule has 2 aromatic heterocycles. The molecule has 1 saturated carbocycles. The molecular formula is C23H29N5O. The first-order chi connectivity index (χ1) is 14.0. The minimum absolute atomic E-state index is 0.136. The fraction of sp³-hybridized carbons (Fsp3) is 0.478. The molecule has 6 nitrogen and oxygen atoms in total. The third-order valence-electron chi connectivity index (χ3n) is 6.11. The largest absolute Gasteiger partial charge is 0.491 e. The van der Waals surface area contributed by atoms with Crippen molar-refractivity contribution >= 4 is 11.5 Å². The number of aromatic nitrogens is 3. The second-order valence-electron chi connectivity index (χ2n) is 8.48. The summed E-state index contributed by atoms with van der Waals surface area (Å²) in [7, 11) is 0. The molecule has 1 fully saturated rings. The minimum atomic E-state index is 0.136. The predicted molar refractivity (Wildman–Crippen MR) is 115 cm³/mol. The van der Waals surface area contributed by atoms with Gasteiger partial charge in [-0.1, -0.05) is 26.7 Å². The average molecular weight is 392 g/mol. The molecule has 4 rings (SSSR count). The Balaban J connectivity index is 1.74. The van der Waals surface area contributed by atoms with Crippen molar-refractivity contribution in [3.8, 4) is 23.1 Å². The Morgan fingerprint density at radius 1 is 1.24 bits per heavy atom. The number of nitrogens with zero attached hydrogens (tertiary/aromatic N) is 3. The first kappa shape index (κ1) is 19.4. The second kappa shape index (κ2) is 7.82. The maximum absolute atomic E-state index is 9.45. The number of ether oxygens (including phenoxy) is 1. The van der Waals surface area contributed by atoms with Gasteiger partial charge in [-0.3, -0.25) is 5.10 Å². The number of imidazole rings is 1. The molecule has 2 N–H and O–H groups in total. The summed E-state index contributed by atoms with van der Waals surface area (Å²) in [5.74, 6) is 3.04. The lowest BCUT2D eigenvalue weighted by Gasteiger charge is -2.35. The predicted octanol–water partition coefficient (Wildman–Crippen LogP) is 5.22. The molecule has 0 bridgehead atoms. The molecule has 152 valence electrons. The van der Waals surface area contributed by atoms with Gasteiger partial charge < -0.3 is 10.1 Å². The SMILES string of the molecule is CC(C)Oc1ccc(-c2nc3c(C#N)c[nH]n3c2N[C@@H]2CCC[C@H](C)[C@@H]2C)cc1. The Hall–Kier alpha value is -2.94. The van der Waals surface area contributed by atoms with Crippen molar-refractivity contribution in [1.82, 2.24) is 14.6 Å². The van der Waals surface area contributed by atoms with E-state index in [-0.39, 0.29) is 6.10 Å². The Morgan fingerprint density at radius 2 is 2.00 bits per heavy atom. The smallest absolute Gasteiger partial charge is 0.173 e. The number of hydrogen-bond donors (Lipinski definition) is 2. The van der Waals surface area contributed by atoms with Crippen LogP contribution in [0.1, 0.15) is 52.5 Å². The van der Waals surface area contributed by atoms with Gasteiger partial charge in [-0.05, 0) is 56.4 Å². The summed E-state index contributed by atoms with van der Waals surface area (Å²) in [4.78, 5) is 4.82. The van der Waals surface area contributed by atoms with Gasteiger partial charge in [0.1, 0.15) is 23.1 Å². The van der Waals surface area contributed by atoms with Crippen LogP contribution in [-0.2, 0) is 0 Å². The van der Waals surface area contributed by atoms with Crippen LogP contribution in [0.25, 0.3) is 16.9 Å². The van der Waals surface area contributed by atoms with E-state index < -0.39 is 0 Å². The lowest BCUT2D eigenvalue weighted by Crippen LogP contribution is -2.35. The van der Waals surface area contributed by atoms with Crippen molar-refractivity contribution in [2.75, 3.05) is 5.32 Å². The van der Waals surface area contributed by atoms with E-state index >= 15 is 0 Å². The highest BCUT2D eigenvalue weighted by Gasteiger charge is 2.29. The molecule has 0 aliphatic heterocycles. The number of rotatable bonds is 5. The molecule has 3 atom stereocenters. The van der Waals surface area contributed by atoms with E-state index in [0.29, 0.717) is 29.1 Å². The second-order valence-corrected chi connectivity index (χ2v) is 8.48. The van der Waals surface area contributed by atoms with E-state index in [0.717, 1.165) is 29.2 Å². The fourth-order valence-corrected chi connectivity index (χ4v) is 4.26. The molecule has 3 aromatic rings. The lowest BCUT2D eigenvalue weighted by molar-refractivity contribution is 0.242. The third kappa shape index (κ3) is 3.69. The first-order valence-electron chi connectivity index (χ1n) is 10.5. The molecule has 1 aromatic carbocycles. The van der Waals surface area contributed by atoms with Crippen molar-refractivity contribution in [1.29, 1.82) is 5.26 Å². The zero-order valence-electron chi connectivity index (χ0n) is 17.6. The standard InChI is InChI=1S/C23H29N5O/c1-14(2)29-19-10-8-17(9-11-19)21-23(26-20-7-5-6-15(3)16(20)4)28-22(27-21)18(12-24)13-25-28/h8-11,13-16,20,25-26H,5-7H2,1-4H3/t15-,16-,20+/m0/s1. The monoisotopic (exact) mass is 391 g/mol. The van der Waals surface area contributed by atoms with Crippen LogP contribution in [0.2, 0.25) is 0 Å². The molecule has 0 radical (unpaired) electrons. The summed E-state index contributed by atoms with van der Waals surface area (Å²) in [6.45, 7) is 8.70. The maximum atomic E-state index is 9.45. The highest BCUT2D eigenvalue weighted by molar-refractivity contribution is 5.78. The number of hydrogen-bond acceptors (Lipinski definition) is 4. The van der Waals surface area contributed by atoms with Crippen LogP contribution >= 0.6 is 0 Å². The first-order valence-corrected chi connectivity index (χ1v) is 10.5. The van der Waals surface area contributed by atoms with E-state index in [1.54, 1.807) is 6.20 Å².